The summed E-state index contributed by atoms with van der Waals surface area (Å²) in [5.41, 5.74) is -0.273. The maximum absolute atomic E-state index is 9.48. The zero-order chi connectivity index (χ0) is 12.0. The van der Waals surface area contributed by atoms with Crippen molar-refractivity contribution >= 4 is 11.3 Å². The summed E-state index contributed by atoms with van der Waals surface area (Å²) in [4.78, 5) is 1.32. The van der Waals surface area contributed by atoms with Crippen LogP contribution in [0.4, 0.5) is 0 Å². The van der Waals surface area contributed by atoms with Gasteiger partial charge in [-0.25, -0.2) is 0 Å². The molecular formula is C14H20N2S. The summed E-state index contributed by atoms with van der Waals surface area (Å²) in [7, 11) is 0. The Hall–Kier alpha value is -0.850. The molecule has 92 valence electrons. The number of hydrogen-bond acceptors (Lipinski definition) is 3. The van der Waals surface area contributed by atoms with Crippen molar-refractivity contribution < 1.29 is 0 Å². The van der Waals surface area contributed by atoms with Gasteiger partial charge in [0.15, 0.2) is 0 Å². The molecule has 0 spiro atoms. The van der Waals surface area contributed by atoms with Gasteiger partial charge in [-0.15, -0.1) is 11.3 Å². The molecule has 2 rings (SSSR count). The predicted molar refractivity (Wildman–Crippen MR) is 71.8 cm³/mol. The van der Waals surface area contributed by atoms with Crippen molar-refractivity contribution in [3.8, 4) is 6.07 Å². The standard InChI is InChI=1S/C14H20N2S/c15-12-14(8-4-2-1-3-5-9-14)16-11-13-7-6-10-17-13/h6-7,10,16H,1-5,8-9,11H2. The molecule has 0 aromatic carbocycles. The van der Waals surface area contributed by atoms with E-state index in [2.05, 4.69) is 28.9 Å². The van der Waals surface area contributed by atoms with E-state index >= 15 is 0 Å². The molecule has 0 atom stereocenters. The van der Waals surface area contributed by atoms with Gasteiger partial charge in [0.1, 0.15) is 5.54 Å². The van der Waals surface area contributed by atoms with Gasteiger partial charge in [0, 0.05) is 11.4 Å². The van der Waals surface area contributed by atoms with E-state index in [1.165, 1.54) is 37.0 Å². The third kappa shape index (κ3) is 3.55. The van der Waals surface area contributed by atoms with Crippen LogP contribution in [0, 0.1) is 11.3 Å². The number of nitriles is 1. The van der Waals surface area contributed by atoms with Crippen molar-refractivity contribution in [2.75, 3.05) is 0 Å². The molecule has 1 saturated carbocycles. The first-order valence-electron chi connectivity index (χ1n) is 6.53. The largest absolute Gasteiger partial charge is 0.294 e. The molecule has 1 aromatic heterocycles. The van der Waals surface area contributed by atoms with Crippen molar-refractivity contribution in [2.45, 2.75) is 57.0 Å². The molecule has 1 N–H and O–H groups in total. The van der Waals surface area contributed by atoms with E-state index in [9.17, 15) is 5.26 Å². The fraction of sp³-hybridized carbons (Fsp3) is 0.643. The van der Waals surface area contributed by atoms with E-state index in [-0.39, 0.29) is 5.54 Å². The second kappa shape index (κ2) is 6.18. The molecule has 1 aliphatic carbocycles. The topological polar surface area (TPSA) is 35.8 Å². The number of nitrogens with one attached hydrogen (secondary N) is 1. The molecule has 0 unspecified atom stereocenters. The Kier molecular flexibility index (Phi) is 4.58. The maximum Gasteiger partial charge on any atom is 0.107 e. The summed E-state index contributed by atoms with van der Waals surface area (Å²) in [5, 5.41) is 15.1. The lowest BCUT2D eigenvalue weighted by Crippen LogP contribution is -2.43. The van der Waals surface area contributed by atoms with Crippen molar-refractivity contribution in [1.29, 1.82) is 5.26 Å². The smallest absolute Gasteiger partial charge is 0.107 e. The van der Waals surface area contributed by atoms with Gasteiger partial charge in [0.05, 0.1) is 6.07 Å². The quantitative estimate of drug-likeness (QED) is 0.882. The second-order valence-corrected chi connectivity index (χ2v) is 5.93. The van der Waals surface area contributed by atoms with Gasteiger partial charge in [-0.1, -0.05) is 38.2 Å². The van der Waals surface area contributed by atoms with Gasteiger partial charge in [0.25, 0.3) is 0 Å². The molecule has 0 aliphatic heterocycles. The van der Waals surface area contributed by atoms with Crippen molar-refractivity contribution in [2.24, 2.45) is 0 Å². The highest BCUT2D eigenvalue weighted by Crippen LogP contribution is 2.26. The van der Waals surface area contributed by atoms with Crippen LogP contribution in [-0.2, 0) is 6.54 Å². The Morgan fingerprint density at radius 3 is 2.53 bits per heavy atom. The van der Waals surface area contributed by atoms with E-state index in [1.807, 2.05) is 0 Å². The third-order valence-corrected chi connectivity index (χ3v) is 4.48. The molecule has 0 amide bonds. The zero-order valence-electron chi connectivity index (χ0n) is 10.2. The minimum absolute atomic E-state index is 0.273. The number of hydrogen-bond donors (Lipinski definition) is 1. The first kappa shape index (κ1) is 12.6. The molecule has 0 saturated heterocycles. The minimum atomic E-state index is -0.273. The van der Waals surface area contributed by atoms with Crippen LogP contribution in [0.5, 0.6) is 0 Å². The zero-order valence-corrected chi connectivity index (χ0v) is 11.1. The van der Waals surface area contributed by atoms with E-state index in [1.54, 1.807) is 11.3 Å². The molecule has 3 heteroatoms. The van der Waals surface area contributed by atoms with E-state index in [0.29, 0.717) is 0 Å². The summed E-state index contributed by atoms with van der Waals surface area (Å²) in [6.45, 7) is 0.839. The van der Waals surface area contributed by atoms with E-state index in [4.69, 9.17) is 0 Å². The second-order valence-electron chi connectivity index (χ2n) is 4.89. The number of rotatable bonds is 3. The first-order chi connectivity index (χ1) is 8.35. The van der Waals surface area contributed by atoms with Crippen LogP contribution >= 0.6 is 11.3 Å². The fourth-order valence-corrected chi connectivity index (χ4v) is 3.15. The first-order valence-corrected chi connectivity index (χ1v) is 7.41. The Bertz CT molecular complexity index is 356. The highest BCUT2D eigenvalue weighted by Gasteiger charge is 2.29. The van der Waals surface area contributed by atoms with Crippen molar-refractivity contribution in [3.05, 3.63) is 22.4 Å². The van der Waals surface area contributed by atoms with Gasteiger partial charge in [0.2, 0.25) is 0 Å². The van der Waals surface area contributed by atoms with Gasteiger partial charge in [-0.05, 0) is 24.3 Å². The van der Waals surface area contributed by atoms with E-state index < -0.39 is 0 Å². The Morgan fingerprint density at radius 1 is 1.24 bits per heavy atom. The third-order valence-electron chi connectivity index (χ3n) is 3.60. The molecule has 1 fully saturated rings. The highest BCUT2D eigenvalue weighted by molar-refractivity contribution is 7.09. The van der Waals surface area contributed by atoms with Crippen LogP contribution in [0.1, 0.15) is 49.8 Å². The van der Waals surface area contributed by atoms with Gasteiger partial charge in [-0.2, -0.15) is 5.26 Å². The molecular weight excluding hydrogens is 228 g/mol. The van der Waals surface area contributed by atoms with Gasteiger partial charge in [-0.3, -0.25) is 5.32 Å². The van der Waals surface area contributed by atoms with Crippen LogP contribution < -0.4 is 5.32 Å². The predicted octanol–water partition coefficient (Wildman–Crippen LogP) is 3.84. The average Bonchev–Trinajstić information content (AvgIpc) is 2.82. The monoisotopic (exact) mass is 248 g/mol. The van der Waals surface area contributed by atoms with Crippen LogP contribution in [0.15, 0.2) is 17.5 Å². The van der Waals surface area contributed by atoms with Crippen LogP contribution in [0.3, 0.4) is 0 Å². The highest BCUT2D eigenvalue weighted by atomic mass is 32.1. The van der Waals surface area contributed by atoms with Gasteiger partial charge < -0.3 is 0 Å². The normalized spacial score (nSPS) is 20.2. The SMILES string of the molecule is N#CC1(NCc2cccs2)CCCCCCC1. The lowest BCUT2D eigenvalue weighted by atomic mass is 9.85. The van der Waals surface area contributed by atoms with Crippen molar-refractivity contribution in [3.63, 3.8) is 0 Å². The van der Waals surface area contributed by atoms with E-state index in [0.717, 1.165) is 19.4 Å². The van der Waals surface area contributed by atoms with Crippen LogP contribution in [0.25, 0.3) is 0 Å². The summed E-state index contributed by atoms with van der Waals surface area (Å²) in [6, 6.07) is 6.74. The summed E-state index contributed by atoms with van der Waals surface area (Å²) < 4.78 is 0. The van der Waals surface area contributed by atoms with Gasteiger partial charge >= 0.3 is 0 Å². The number of thiophene rings is 1. The summed E-state index contributed by atoms with van der Waals surface area (Å²) in [6.07, 6.45) is 8.29. The minimum Gasteiger partial charge on any atom is -0.294 e. The lowest BCUT2D eigenvalue weighted by molar-refractivity contribution is 0.315. The molecule has 17 heavy (non-hydrogen) atoms. The van der Waals surface area contributed by atoms with Crippen LogP contribution in [0.2, 0.25) is 0 Å². The number of nitrogens with zero attached hydrogens (tertiary/aromatic N) is 1. The van der Waals surface area contributed by atoms with Crippen LogP contribution in [-0.4, -0.2) is 5.54 Å². The molecule has 0 bridgehead atoms. The maximum atomic E-state index is 9.48. The molecule has 0 radical (unpaired) electrons. The molecule has 1 aliphatic rings. The fourth-order valence-electron chi connectivity index (χ4n) is 2.51. The molecule has 1 aromatic rings. The Balaban J connectivity index is 1.94. The lowest BCUT2D eigenvalue weighted by Gasteiger charge is -2.29. The molecule has 1 heterocycles. The molecule has 2 nitrogen and oxygen atoms in total. The Labute approximate surface area is 108 Å². The average molecular weight is 248 g/mol. The summed E-state index contributed by atoms with van der Waals surface area (Å²) >= 11 is 1.76. The van der Waals surface area contributed by atoms with Crippen molar-refractivity contribution in [1.82, 2.24) is 5.32 Å². The Morgan fingerprint density at radius 2 is 1.94 bits per heavy atom. The summed E-state index contributed by atoms with van der Waals surface area (Å²) in [5.74, 6) is 0.